The molecule has 0 heterocycles. The van der Waals surface area contributed by atoms with Crippen LogP contribution in [0, 0.1) is 0 Å². The first-order chi connectivity index (χ1) is 11.4. The number of carboxylic acid groups (broad SMARTS) is 2. The van der Waals surface area contributed by atoms with E-state index in [4.69, 9.17) is 0 Å². The lowest BCUT2D eigenvalue weighted by molar-refractivity contribution is -0.142. The van der Waals surface area contributed by atoms with Gasteiger partial charge in [0.2, 0.25) is 0 Å². The van der Waals surface area contributed by atoms with Crippen molar-refractivity contribution >= 4 is 11.9 Å². The van der Waals surface area contributed by atoms with Crippen LogP contribution in [0.1, 0.15) is 30.9 Å². The van der Waals surface area contributed by atoms with Crippen LogP contribution in [0.25, 0.3) is 0 Å². The van der Waals surface area contributed by atoms with Crippen molar-refractivity contribution in [3.63, 3.8) is 0 Å². The van der Waals surface area contributed by atoms with E-state index in [1.807, 2.05) is 12.1 Å². The van der Waals surface area contributed by atoms with Gasteiger partial charge < -0.3 is 10.2 Å². The first kappa shape index (κ1) is 17.5. The van der Waals surface area contributed by atoms with Crippen molar-refractivity contribution in [2.75, 3.05) is 0 Å². The quantitative estimate of drug-likeness (QED) is 0.792. The van der Waals surface area contributed by atoms with Gasteiger partial charge in [0.15, 0.2) is 0 Å². The highest BCUT2D eigenvalue weighted by Gasteiger charge is 2.37. The standard InChI is InChI=1S/C20H20O4/c1-14(13-17(18(21)22)15-9-5-3-6-10-15)20(2,19(23)24)16-11-7-4-8-12-16/h3-13,17H,1-2H3,(H,21,22)(H,23,24). The molecule has 2 N–H and O–H groups in total. The Hall–Kier alpha value is -2.88. The van der Waals surface area contributed by atoms with Gasteiger partial charge in [0.25, 0.3) is 0 Å². The molecule has 0 spiro atoms. The molecule has 0 saturated carbocycles. The Balaban J connectivity index is 2.52. The van der Waals surface area contributed by atoms with Crippen LogP contribution in [-0.4, -0.2) is 22.2 Å². The van der Waals surface area contributed by atoms with E-state index in [2.05, 4.69) is 0 Å². The normalized spacial score (nSPS) is 15.3. The molecule has 2 aromatic carbocycles. The topological polar surface area (TPSA) is 74.6 Å². The van der Waals surface area contributed by atoms with Crippen LogP contribution in [0.3, 0.4) is 0 Å². The smallest absolute Gasteiger partial charge is 0.318 e. The molecule has 0 radical (unpaired) electrons. The maximum Gasteiger partial charge on any atom is 0.318 e. The van der Waals surface area contributed by atoms with E-state index in [-0.39, 0.29) is 0 Å². The molecule has 2 aromatic rings. The average molecular weight is 324 g/mol. The van der Waals surface area contributed by atoms with Crippen molar-refractivity contribution in [2.24, 2.45) is 0 Å². The van der Waals surface area contributed by atoms with E-state index >= 15 is 0 Å². The summed E-state index contributed by atoms with van der Waals surface area (Å²) in [6.07, 6.45) is 1.53. The molecule has 0 aromatic heterocycles. The third-order valence-corrected chi connectivity index (χ3v) is 4.41. The molecule has 0 saturated heterocycles. The van der Waals surface area contributed by atoms with Gasteiger partial charge in [-0.3, -0.25) is 9.59 Å². The van der Waals surface area contributed by atoms with Gasteiger partial charge in [-0.1, -0.05) is 72.3 Å². The SMILES string of the molecule is CC(=CC(C(=O)O)c1ccccc1)C(C)(C(=O)O)c1ccccc1. The Morgan fingerprint density at radius 3 is 1.92 bits per heavy atom. The fraction of sp³-hybridized carbons (Fsp3) is 0.200. The zero-order chi connectivity index (χ0) is 17.7. The summed E-state index contributed by atoms with van der Waals surface area (Å²) in [6.45, 7) is 3.26. The number of aliphatic carboxylic acids is 2. The zero-order valence-corrected chi connectivity index (χ0v) is 13.6. The molecule has 2 atom stereocenters. The summed E-state index contributed by atoms with van der Waals surface area (Å²) in [5, 5.41) is 19.3. The minimum absolute atomic E-state index is 0.484. The number of rotatable bonds is 6. The summed E-state index contributed by atoms with van der Waals surface area (Å²) < 4.78 is 0. The molecule has 124 valence electrons. The van der Waals surface area contributed by atoms with Crippen molar-refractivity contribution in [3.8, 4) is 0 Å². The minimum Gasteiger partial charge on any atom is -0.481 e. The van der Waals surface area contributed by atoms with E-state index in [0.29, 0.717) is 16.7 Å². The predicted octanol–water partition coefficient (Wildman–Crippen LogP) is 3.84. The lowest BCUT2D eigenvalue weighted by atomic mass is 9.75. The number of carbonyl (C=O) groups is 2. The lowest BCUT2D eigenvalue weighted by Crippen LogP contribution is -2.34. The lowest BCUT2D eigenvalue weighted by Gasteiger charge is -2.27. The highest BCUT2D eigenvalue weighted by atomic mass is 16.4. The first-order valence-electron chi connectivity index (χ1n) is 7.63. The second-order valence-corrected chi connectivity index (χ2v) is 5.87. The molecule has 0 bridgehead atoms. The monoisotopic (exact) mass is 324 g/mol. The number of hydrogen-bond donors (Lipinski definition) is 2. The van der Waals surface area contributed by atoms with Gasteiger partial charge >= 0.3 is 11.9 Å². The summed E-state index contributed by atoms with van der Waals surface area (Å²) in [7, 11) is 0. The van der Waals surface area contributed by atoms with E-state index in [1.54, 1.807) is 62.4 Å². The highest BCUT2D eigenvalue weighted by molar-refractivity contribution is 5.86. The van der Waals surface area contributed by atoms with Crippen molar-refractivity contribution in [2.45, 2.75) is 25.2 Å². The molecule has 24 heavy (non-hydrogen) atoms. The summed E-state index contributed by atoms with van der Waals surface area (Å²) >= 11 is 0. The van der Waals surface area contributed by atoms with Gasteiger partial charge in [-0.2, -0.15) is 0 Å². The number of carboxylic acids is 2. The second-order valence-electron chi connectivity index (χ2n) is 5.87. The van der Waals surface area contributed by atoms with Crippen molar-refractivity contribution < 1.29 is 19.8 Å². The molecule has 0 aliphatic heterocycles. The number of hydrogen-bond acceptors (Lipinski definition) is 2. The van der Waals surface area contributed by atoms with Gasteiger partial charge in [-0.15, -0.1) is 0 Å². The summed E-state index contributed by atoms with van der Waals surface area (Å²) in [4.78, 5) is 23.6. The molecule has 0 amide bonds. The van der Waals surface area contributed by atoms with Crippen LogP contribution < -0.4 is 0 Å². The van der Waals surface area contributed by atoms with Crippen molar-refractivity contribution in [1.29, 1.82) is 0 Å². The predicted molar refractivity (Wildman–Crippen MR) is 92.0 cm³/mol. The van der Waals surface area contributed by atoms with Crippen LogP contribution in [0.2, 0.25) is 0 Å². The van der Waals surface area contributed by atoms with E-state index < -0.39 is 23.3 Å². The molecule has 4 nitrogen and oxygen atoms in total. The van der Waals surface area contributed by atoms with Gasteiger partial charge in [-0.25, -0.2) is 0 Å². The van der Waals surface area contributed by atoms with Crippen LogP contribution in [-0.2, 0) is 15.0 Å². The Labute approximate surface area is 141 Å². The Kier molecular flexibility index (Phi) is 5.19. The molecule has 0 aliphatic carbocycles. The molecular weight excluding hydrogens is 304 g/mol. The molecule has 4 heteroatoms. The third-order valence-electron chi connectivity index (χ3n) is 4.41. The van der Waals surface area contributed by atoms with E-state index in [9.17, 15) is 19.8 Å². The Morgan fingerprint density at radius 2 is 1.46 bits per heavy atom. The van der Waals surface area contributed by atoms with Crippen LogP contribution >= 0.6 is 0 Å². The van der Waals surface area contributed by atoms with Gasteiger partial charge in [0.1, 0.15) is 11.3 Å². The maximum absolute atomic E-state index is 12.0. The maximum atomic E-state index is 12.0. The zero-order valence-electron chi connectivity index (χ0n) is 13.6. The van der Waals surface area contributed by atoms with Gasteiger partial charge in [0.05, 0.1) is 0 Å². The fourth-order valence-electron chi connectivity index (χ4n) is 2.68. The number of benzene rings is 2. The van der Waals surface area contributed by atoms with Crippen molar-refractivity contribution in [1.82, 2.24) is 0 Å². The van der Waals surface area contributed by atoms with E-state index in [0.717, 1.165) is 0 Å². The molecule has 0 aliphatic rings. The van der Waals surface area contributed by atoms with Crippen LogP contribution in [0.4, 0.5) is 0 Å². The largest absolute Gasteiger partial charge is 0.481 e. The second kappa shape index (κ2) is 7.13. The molecule has 0 fully saturated rings. The Bertz CT molecular complexity index is 750. The van der Waals surface area contributed by atoms with Crippen LogP contribution in [0.5, 0.6) is 0 Å². The van der Waals surface area contributed by atoms with Crippen molar-refractivity contribution in [3.05, 3.63) is 83.4 Å². The summed E-state index contributed by atoms with van der Waals surface area (Å²) in [6, 6.07) is 17.6. The molecular formula is C20H20O4. The summed E-state index contributed by atoms with van der Waals surface area (Å²) in [5.74, 6) is -2.92. The van der Waals surface area contributed by atoms with Gasteiger partial charge in [0, 0.05) is 0 Å². The fourth-order valence-corrected chi connectivity index (χ4v) is 2.68. The minimum atomic E-state index is -1.29. The van der Waals surface area contributed by atoms with Crippen LogP contribution in [0.15, 0.2) is 72.3 Å². The first-order valence-corrected chi connectivity index (χ1v) is 7.63. The summed E-state index contributed by atoms with van der Waals surface area (Å²) in [5.41, 5.74) is 0.426. The third kappa shape index (κ3) is 3.38. The Morgan fingerprint density at radius 1 is 0.958 bits per heavy atom. The average Bonchev–Trinajstić information content (AvgIpc) is 2.59. The highest BCUT2D eigenvalue weighted by Crippen LogP contribution is 2.34. The molecule has 2 unspecified atom stereocenters. The van der Waals surface area contributed by atoms with Gasteiger partial charge in [-0.05, 0) is 25.0 Å². The van der Waals surface area contributed by atoms with E-state index in [1.165, 1.54) is 6.08 Å². The molecule has 2 rings (SSSR count).